The minimum atomic E-state index is 1.08. The summed E-state index contributed by atoms with van der Waals surface area (Å²) in [5.74, 6) is 0. The van der Waals surface area contributed by atoms with E-state index in [1.165, 1.54) is 38.9 Å². The van der Waals surface area contributed by atoms with Crippen molar-refractivity contribution in [2.45, 2.75) is 40.7 Å². The lowest BCUT2D eigenvalue weighted by Crippen LogP contribution is -1.99. The molecule has 0 aliphatic rings. The number of rotatable bonds is 3. The zero-order chi connectivity index (χ0) is 15.0. The third-order valence-electron chi connectivity index (χ3n) is 4.34. The van der Waals surface area contributed by atoms with E-state index in [4.69, 9.17) is 0 Å². The Balaban J connectivity index is 2.37. The fraction of sp³-hybridized carbons (Fsp3) is 0.300. The molecule has 1 aromatic heterocycles. The van der Waals surface area contributed by atoms with E-state index in [-0.39, 0.29) is 0 Å². The molecule has 0 saturated heterocycles. The minimum Gasteiger partial charge on any atom is -0.344 e. The molecule has 0 spiro atoms. The van der Waals surface area contributed by atoms with Crippen LogP contribution in [0.5, 0.6) is 0 Å². The fourth-order valence-corrected chi connectivity index (χ4v) is 3.29. The van der Waals surface area contributed by atoms with Crippen LogP contribution in [0.1, 0.15) is 30.2 Å². The Morgan fingerprint density at radius 1 is 0.952 bits per heavy atom. The van der Waals surface area contributed by atoms with Gasteiger partial charge in [0.1, 0.15) is 0 Å². The summed E-state index contributed by atoms with van der Waals surface area (Å²) in [7, 11) is 0. The van der Waals surface area contributed by atoms with Crippen LogP contribution in [-0.2, 0) is 6.54 Å². The van der Waals surface area contributed by atoms with Gasteiger partial charge in [-0.2, -0.15) is 0 Å². The van der Waals surface area contributed by atoms with Crippen molar-refractivity contribution >= 4 is 10.9 Å². The Bertz CT molecular complexity index is 793. The lowest BCUT2D eigenvalue weighted by molar-refractivity contribution is 0.686. The van der Waals surface area contributed by atoms with E-state index in [1.807, 2.05) is 0 Å². The number of benzene rings is 2. The molecule has 0 aliphatic carbocycles. The summed E-state index contributed by atoms with van der Waals surface area (Å²) in [6, 6.07) is 15.5. The Morgan fingerprint density at radius 2 is 1.71 bits per heavy atom. The van der Waals surface area contributed by atoms with E-state index >= 15 is 0 Å². The summed E-state index contributed by atoms with van der Waals surface area (Å²) >= 11 is 0. The van der Waals surface area contributed by atoms with Gasteiger partial charge in [-0.3, -0.25) is 0 Å². The van der Waals surface area contributed by atoms with Gasteiger partial charge in [-0.1, -0.05) is 48.9 Å². The summed E-state index contributed by atoms with van der Waals surface area (Å²) in [5.41, 5.74) is 8.18. The van der Waals surface area contributed by atoms with Crippen molar-refractivity contribution < 1.29 is 0 Å². The average molecular weight is 277 g/mol. The predicted octanol–water partition coefficient (Wildman–Crippen LogP) is 5.64. The van der Waals surface area contributed by atoms with Crippen molar-refractivity contribution in [3.05, 3.63) is 59.3 Å². The molecule has 0 atom stereocenters. The highest BCUT2D eigenvalue weighted by Crippen LogP contribution is 2.36. The van der Waals surface area contributed by atoms with E-state index in [2.05, 4.69) is 74.7 Å². The third-order valence-corrected chi connectivity index (χ3v) is 4.34. The molecular formula is C20H23N. The van der Waals surface area contributed by atoms with Gasteiger partial charge in [0.05, 0.1) is 0 Å². The third kappa shape index (κ3) is 2.27. The van der Waals surface area contributed by atoms with Crippen LogP contribution in [0.25, 0.3) is 22.0 Å². The van der Waals surface area contributed by atoms with Crippen LogP contribution < -0.4 is 0 Å². The average Bonchev–Trinajstić information content (AvgIpc) is 2.75. The van der Waals surface area contributed by atoms with Crippen molar-refractivity contribution in [2.75, 3.05) is 0 Å². The number of aromatic nitrogens is 1. The second kappa shape index (κ2) is 5.40. The molecule has 1 heteroatoms. The fourth-order valence-electron chi connectivity index (χ4n) is 3.29. The number of aryl methyl sites for hydroxylation is 3. The highest BCUT2D eigenvalue weighted by molar-refractivity contribution is 5.98. The second-order valence-corrected chi connectivity index (χ2v) is 5.95. The first kappa shape index (κ1) is 13.9. The summed E-state index contributed by atoms with van der Waals surface area (Å²) in [4.78, 5) is 0. The molecule has 108 valence electrons. The van der Waals surface area contributed by atoms with Crippen molar-refractivity contribution in [1.29, 1.82) is 0 Å². The molecule has 21 heavy (non-hydrogen) atoms. The molecule has 2 aromatic carbocycles. The summed E-state index contributed by atoms with van der Waals surface area (Å²) in [6.45, 7) is 9.96. The molecule has 0 radical (unpaired) electrons. The lowest BCUT2D eigenvalue weighted by atomic mass is 9.96. The number of hydrogen-bond acceptors (Lipinski definition) is 0. The Morgan fingerprint density at radius 3 is 2.48 bits per heavy atom. The highest BCUT2D eigenvalue weighted by Gasteiger charge is 2.16. The maximum absolute atomic E-state index is 2.46. The van der Waals surface area contributed by atoms with E-state index in [1.54, 1.807) is 0 Å². The summed E-state index contributed by atoms with van der Waals surface area (Å²) in [5, 5.41) is 1.37. The van der Waals surface area contributed by atoms with Gasteiger partial charge >= 0.3 is 0 Å². The Labute approximate surface area is 127 Å². The van der Waals surface area contributed by atoms with Crippen LogP contribution in [0.2, 0.25) is 0 Å². The van der Waals surface area contributed by atoms with E-state index in [9.17, 15) is 0 Å². The quantitative estimate of drug-likeness (QED) is 0.583. The molecule has 3 rings (SSSR count). The first-order chi connectivity index (χ1) is 10.1. The van der Waals surface area contributed by atoms with Gasteiger partial charge in [0.25, 0.3) is 0 Å². The van der Waals surface area contributed by atoms with Crippen molar-refractivity contribution in [3.8, 4) is 11.1 Å². The van der Waals surface area contributed by atoms with Crippen LogP contribution in [0.15, 0.2) is 42.5 Å². The van der Waals surface area contributed by atoms with Crippen molar-refractivity contribution in [3.63, 3.8) is 0 Å². The number of para-hydroxylation sites is 1. The van der Waals surface area contributed by atoms with Gasteiger partial charge < -0.3 is 4.57 Å². The molecule has 1 nitrogen and oxygen atoms in total. The van der Waals surface area contributed by atoms with Crippen molar-refractivity contribution in [1.82, 2.24) is 4.57 Å². The largest absolute Gasteiger partial charge is 0.344 e. The molecule has 1 heterocycles. The highest BCUT2D eigenvalue weighted by atomic mass is 15.0. The minimum absolute atomic E-state index is 1.08. The maximum atomic E-state index is 2.46. The molecule has 0 bridgehead atoms. The topological polar surface area (TPSA) is 4.93 Å². The molecule has 0 aliphatic heterocycles. The smallest absolute Gasteiger partial charge is 0.0488 e. The van der Waals surface area contributed by atoms with Crippen molar-refractivity contribution in [2.24, 2.45) is 0 Å². The first-order valence-corrected chi connectivity index (χ1v) is 7.79. The molecule has 0 amide bonds. The normalized spacial score (nSPS) is 11.2. The molecule has 0 saturated carbocycles. The van der Waals surface area contributed by atoms with Gasteiger partial charge in [0.15, 0.2) is 0 Å². The van der Waals surface area contributed by atoms with Crippen LogP contribution in [0.3, 0.4) is 0 Å². The number of nitrogens with zero attached hydrogens (tertiary/aromatic N) is 1. The standard InChI is InChI=1S/C20H23N/c1-5-12-21-16(4)20(17-8-6-7-9-19(17)21)18-13-14(2)10-11-15(18)3/h6-11,13H,5,12H2,1-4H3. The van der Waals surface area contributed by atoms with Gasteiger partial charge in [0.2, 0.25) is 0 Å². The first-order valence-electron chi connectivity index (χ1n) is 7.79. The predicted molar refractivity (Wildman–Crippen MR) is 91.9 cm³/mol. The monoisotopic (exact) mass is 277 g/mol. The molecule has 0 fully saturated rings. The zero-order valence-corrected chi connectivity index (χ0v) is 13.4. The molecule has 0 unspecified atom stereocenters. The van der Waals surface area contributed by atoms with Crippen LogP contribution in [0.4, 0.5) is 0 Å². The van der Waals surface area contributed by atoms with E-state index in [0.717, 1.165) is 13.0 Å². The number of fused-ring (bicyclic) bond motifs is 1. The SMILES string of the molecule is CCCn1c(C)c(-c2cc(C)ccc2C)c2ccccc21. The maximum Gasteiger partial charge on any atom is 0.0488 e. The summed E-state index contributed by atoms with van der Waals surface area (Å²) in [6.07, 6.45) is 1.16. The number of hydrogen-bond donors (Lipinski definition) is 0. The lowest BCUT2D eigenvalue weighted by Gasteiger charge is -2.10. The van der Waals surface area contributed by atoms with Crippen LogP contribution in [0, 0.1) is 20.8 Å². The van der Waals surface area contributed by atoms with Crippen LogP contribution >= 0.6 is 0 Å². The van der Waals surface area contributed by atoms with E-state index < -0.39 is 0 Å². The Kier molecular flexibility index (Phi) is 3.59. The summed E-state index contributed by atoms with van der Waals surface area (Å²) < 4.78 is 2.46. The van der Waals surface area contributed by atoms with Gasteiger partial charge in [-0.05, 0) is 44.4 Å². The van der Waals surface area contributed by atoms with E-state index in [0.29, 0.717) is 0 Å². The zero-order valence-electron chi connectivity index (χ0n) is 13.4. The Hall–Kier alpha value is -2.02. The molecule has 0 N–H and O–H groups in total. The molecule has 3 aromatic rings. The van der Waals surface area contributed by atoms with Gasteiger partial charge in [-0.15, -0.1) is 0 Å². The molecular weight excluding hydrogens is 254 g/mol. The van der Waals surface area contributed by atoms with Crippen LogP contribution in [-0.4, -0.2) is 4.57 Å². The second-order valence-electron chi connectivity index (χ2n) is 5.95. The van der Waals surface area contributed by atoms with Gasteiger partial charge in [-0.25, -0.2) is 0 Å². The van der Waals surface area contributed by atoms with Gasteiger partial charge in [0, 0.05) is 28.7 Å².